The number of hydrogen-bond donors (Lipinski definition) is 2. The molecule has 1 aromatic rings. The summed E-state index contributed by atoms with van der Waals surface area (Å²) < 4.78 is 13.9. The van der Waals surface area contributed by atoms with Gasteiger partial charge in [0.1, 0.15) is 5.82 Å². The van der Waals surface area contributed by atoms with Crippen LogP contribution in [0.3, 0.4) is 0 Å². The van der Waals surface area contributed by atoms with Gasteiger partial charge in [0.15, 0.2) is 0 Å². The summed E-state index contributed by atoms with van der Waals surface area (Å²) in [6, 6.07) is 5.24. The lowest BCUT2D eigenvalue weighted by atomic mass is 10.1. The smallest absolute Gasteiger partial charge is 0.137 e. The van der Waals surface area contributed by atoms with E-state index in [-0.39, 0.29) is 11.9 Å². The first-order chi connectivity index (χ1) is 7.70. The predicted molar refractivity (Wildman–Crippen MR) is 66.6 cm³/mol. The molecule has 3 N–H and O–H groups in total. The molecule has 1 aromatic carbocycles. The summed E-state index contributed by atoms with van der Waals surface area (Å²) in [5.41, 5.74) is 6.62. The second kappa shape index (κ2) is 5.25. The van der Waals surface area contributed by atoms with Crippen molar-refractivity contribution in [2.45, 2.75) is 18.9 Å². The third-order valence-electron chi connectivity index (χ3n) is 2.93. The molecule has 0 spiro atoms. The Kier molecular flexibility index (Phi) is 3.95. The number of benzene rings is 1. The van der Waals surface area contributed by atoms with Gasteiger partial charge in [-0.3, -0.25) is 0 Å². The highest BCUT2D eigenvalue weighted by Gasteiger charge is 2.22. The SMILES string of the molecule is NCC(NCC1CC1)c1ccc(Br)c(F)c1. The first-order valence-electron chi connectivity index (χ1n) is 5.59. The maximum Gasteiger partial charge on any atom is 0.137 e. The standard InChI is InChI=1S/C12H16BrFN2/c13-10-4-3-9(5-11(10)14)12(6-15)16-7-8-1-2-8/h3-5,8,12,16H,1-2,6-7,15H2. The zero-order valence-corrected chi connectivity index (χ0v) is 10.6. The average Bonchev–Trinajstić information content (AvgIpc) is 3.08. The molecule has 16 heavy (non-hydrogen) atoms. The molecule has 0 heterocycles. The van der Waals surface area contributed by atoms with E-state index >= 15 is 0 Å². The summed E-state index contributed by atoms with van der Waals surface area (Å²) >= 11 is 3.15. The molecule has 0 aliphatic heterocycles. The Bertz CT molecular complexity index is 366. The van der Waals surface area contributed by atoms with Crippen molar-refractivity contribution < 1.29 is 4.39 Å². The van der Waals surface area contributed by atoms with Crippen LogP contribution in [0.5, 0.6) is 0 Å². The van der Waals surface area contributed by atoms with E-state index in [9.17, 15) is 4.39 Å². The van der Waals surface area contributed by atoms with Gasteiger partial charge < -0.3 is 11.1 Å². The van der Waals surface area contributed by atoms with E-state index in [1.807, 2.05) is 6.07 Å². The second-order valence-corrected chi connectivity index (χ2v) is 5.17. The summed E-state index contributed by atoms with van der Waals surface area (Å²) in [5, 5.41) is 3.39. The van der Waals surface area contributed by atoms with E-state index in [0.29, 0.717) is 11.0 Å². The first-order valence-corrected chi connectivity index (χ1v) is 6.38. The molecule has 2 nitrogen and oxygen atoms in total. The van der Waals surface area contributed by atoms with Gasteiger partial charge in [0.2, 0.25) is 0 Å². The van der Waals surface area contributed by atoms with Gasteiger partial charge in [0.05, 0.1) is 4.47 Å². The monoisotopic (exact) mass is 286 g/mol. The van der Waals surface area contributed by atoms with Crippen molar-refractivity contribution in [1.82, 2.24) is 5.32 Å². The van der Waals surface area contributed by atoms with Crippen molar-refractivity contribution >= 4 is 15.9 Å². The highest BCUT2D eigenvalue weighted by molar-refractivity contribution is 9.10. The number of rotatable bonds is 5. The van der Waals surface area contributed by atoms with Crippen LogP contribution in [-0.2, 0) is 0 Å². The van der Waals surface area contributed by atoms with Crippen LogP contribution < -0.4 is 11.1 Å². The van der Waals surface area contributed by atoms with Crippen LogP contribution in [0.1, 0.15) is 24.4 Å². The molecule has 1 fully saturated rings. The van der Waals surface area contributed by atoms with Crippen molar-refractivity contribution in [2.24, 2.45) is 11.7 Å². The quantitative estimate of drug-likeness (QED) is 0.873. The Morgan fingerprint density at radius 3 is 2.81 bits per heavy atom. The second-order valence-electron chi connectivity index (χ2n) is 4.31. The summed E-state index contributed by atoms with van der Waals surface area (Å²) in [6.45, 7) is 1.48. The van der Waals surface area contributed by atoms with Crippen molar-refractivity contribution in [3.63, 3.8) is 0 Å². The van der Waals surface area contributed by atoms with Crippen molar-refractivity contribution in [3.05, 3.63) is 34.1 Å². The molecule has 4 heteroatoms. The minimum Gasteiger partial charge on any atom is -0.329 e. The molecular formula is C12H16BrFN2. The van der Waals surface area contributed by atoms with E-state index in [1.165, 1.54) is 12.8 Å². The van der Waals surface area contributed by atoms with Crippen LogP contribution in [-0.4, -0.2) is 13.1 Å². The van der Waals surface area contributed by atoms with Gasteiger partial charge in [0.25, 0.3) is 0 Å². The normalized spacial score (nSPS) is 17.4. The fraction of sp³-hybridized carbons (Fsp3) is 0.500. The third-order valence-corrected chi connectivity index (χ3v) is 3.57. The molecule has 1 saturated carbocycles. The summed E-state index contributed by atoms with van der Waals surface area (Å²) in [6.07, 6.45) is 2.61. The largest absolute Gasteiger partial charge is 0.329 e. The third kappa shape index (κ3) is 3.03. The van der Waals surface area contributed by atoms with Gasteiger partial charge >= 0.3 is 0 Å². The number of hydrogen-bond acceptors (Lipinski definition) is 2. The summed E-state index contributed by atoms with van der Waals surface area (Å²) in [5.74, 6) is 0.568. The number of nitrogens with one attached hydrogen (secondary N) is 1. The van der Waals surface area contributed by atoms with Crippen LogP contribution >= 0.6 is 15.9 Å². The Morgan fingerprint density at radius 1 is 1.50 bits per heavy atom. The van der Waals surface area contributed by atoms with Crippen molar-refractivity contribution in [1.29, 1.82) is 0 Å². The van der Waals surface area contributed by atoms with E-state index in [1.54, 1.807) is 12.1 Å². The Morgan fingerprint density at radius 2 is 2.25 bits per heavy atom. The zero-order chi connectivity index (χ0) is 11.5. The molecule has 88 valence electrons. The van der Waals surface area contributed by atoms with E-state index < -0.39 is 0 Å². The highest BCUT2D eigenvalue weighted by atomic mass is 79.9. The van der Waals surface area contributed by atoms with E-state index in [4.69, 9.17) is 5.73 Å². The molecule has 0 amide bonds. The molecular weight excluding hydrogens is 271 g/mol. The minimum atomic E-state index is -0.232. The zero-order valence-electron chi connectivity index (χ0n) is 9.05. The molecule has 1 atom stereocenters. The Labute approximate surface area is 104 Å². The van der Waals surface area contributed by atoms with E-state index in [0.717, 1.165) is 18.0 Å². The minimum absolute atomic E-state index is 0.0585. The van der Waals surface area contributed by atoms with Gasteiger partial charge in [-0.2, -0.15) is 0 Å². The maximum absolute atomic E-state index is 13.4. The first kappa shape index (κ1) is 12.0. The van der Waals surface area contributed by atoms with Gasteiger partial charge in [-0.25, -0.2) is 4.39 Å². The van der Waals surface area contributed by atoms with Crippen LogP contribution in [0.15, 0.2) is 22.7 Å². The fourth-order valence-corrected chi connectivity index (χ4v) is 1.94. The predicted octanol–water partition coefficient (Wildman–Crippen LogP) is 2.59. The highest BCUT2D eigenvalue weighted by Crippen LogP contribution is 2.28. The van der Waals surface area contributed by atoms with Crippen LogP contribution in [0.4, 0.5) is 4.39 Å². The molecule has 1 aliphatic rings. The van der Waals surface area contributed by atoms with Crippen molar-refractivity contribution in [2.75, 3.05) is 13.1 Å². The average molecular weight is 287 g/mol. The van der Waals surface area contributed by atoms with Gasteiger partial charge in [-0.05, 0) is 58.9 Å². The summed E-state index contributed by atoms with van der Waals surface area (Å²) in [4.78, 5) is 0. The van der Waals surface area contributed by atoms with Crippen LogP contribution in [0.25, 0.3) is 0 Å². The molecule has 0 bridgehead atoms. The van der Waals surface area contributed by atoms with Gasteiger partial charge in [-0.1, -0.05) is 6.07 Å². The number of halogens is 2. The molecule has 1 unspecified atom stereocenters. The van der Waals surface area contributed by atoms with E-state index in [2.05, 4.69) is 21.2 Å². The molecule has 0 radical (unpaired) electrons. The maximum atomic E-state index is 13.4. The lowest BCUT2D eigenvalue weighted by Crippen LogP contribution is -2.29. The topological polar surface area (TPSA) is 38.0 Å². The Balaban J connectivity index is 2.02. The Hall–Kier alpha value is -0.450. The number of nitrogens with two attached hydrogens (primary N) is 1. The van der Waals surface area contributed by atoms with Crippen molar-refractivity contribution in [3.8, 4) is 0 Å². The summed E-state index contributed by atoms with van der Waals surface area (Å²) in [7, 11) is 0. The molecule has 2 rings (SSSR count). The lowest BCUT2D eigenvalue weighted by Gasteiger charge is -2.17. The van der Waals surface area contributed by atoms with Gasteiger partial charge in [0, 0.05) is 12.6 Å². The van der Waals surface area contributed by atoms with Gasteiger partial charge in [-0.15, -0.1) is 0 Å². The van der Waals surface area contributed by atoms with Crippen LogP contribution in [0.2, 0.25) is 0 Å². The molecule has 0 saturated heterocycles. The fourth-order valence-electron chi connectivity index (χ4n) is 1.70. The molecule has 1 aliphatic carbocycles. The van der Waals surface area contributed by atoms with Crippen LogP contribution in [0, 0.1) is 11.7 Å². The molecule has 0 aromatic heterocycles. The lowest BCUT2D eigenvalue weighted by molar-refractivity contribution is 0.517.